The fraction of sp³-hybridized carbons (Fsp3) is 0.378. The van der Waals surface area contributed by atoms with E-state index < -0.39 is 5.60 Å². The third-order valence-corrected chi connectivity index (χ3v) is 8.92. The van der Waals surface area contributed by atoms with Gasteiger partial charge in [-0.1, -0.05) is 83.9 Å². The van der Waals surface area contributed by atoms with E-state index in [4.69, 9.17) is 27.9 Å². The van der Waals surface area contributed by atoms with Crippen LogP contribution in [-0.4, -0.2) is 61.7 Å². The van der Waals surface area contributed by atoms with E-state index in [1.807, 2.05) is 48.7 Å². The van der Waals surface area contributed by atoms with Gasteiger partial charge < -0.3 is 14.5 Å². The molecule has 0 N–H and O–H groups in total. The fourth-order valence-electron chi connectivity index (χ4n) is 5.75. The van der Waals surface area contributed by atoms with Crippen LogP contribution in [0.3, 0.4) is 0 Å². The topological polar surface area (TPSA) is 28.6 Å². The molecule has 0 bridgehead atoms. The number of hydrogen-bond donors (Lipinski definition) is 0. The first kappa shape index (κ1) is 33.2. The molecule has 0 amide bonds. The summed E-state index contributed by atoms with van der Waals surface area (Å²) < 4.78 is 6.48. The van der Waals surface area contributed by atoms with E-state index in [-0.39, 0.29) is 0 Å². The van der Waals surface area contributed by atoms with Crippen molar-refractivity contribution in [1.29, 1.82) is 0 Å². The predicted octanol–water partition coefficient (Wildman–Crippen LogP) is 8.92. The molecule has 0 saturated carbocycles. The molecule has 228 valence electrons. The molecular weight excluding hydrogens is 573 g/mol. The molecule has 0 aliphatic carbocycles. The summed E-state index contributed by atoms with van der Waals surface area (Å²) in [6, 6.07) is 33.3. The Labute approximate surface area is 268 Å². The highest BCUT2D eigenvalue weighted by atomic mass is 35.5. The van der Waals surface area contributed by atoms with Crippen LogP contribution in [0, 0.1) is 0 Å². The molecule has 3 aromatic carbocycles. The fourth-order valence-corrected chi connectivity index (χ4v) is 6.00. The van der Waals surface area contributed by atoms with Crippen molar-refractivity contribution in [2.75, 3.05) is 40.8 Å². The van der Waals surface area contributed by atoms with Crippen LogP contribution in [0.5, 0.6) is 0 Å². The summed E-state index contributed by atoms with van der Waals surface area (Å²) in [7, 11) is 6.40. The molecule has 1 aliphatic rings. The second-order valence-corrected chi connectivity index (χ2v) is 12.6. The molecule has 1 saturated heterocycles. The highest BCUT2D eigenvalue weighted by molar-refractivity contribution is 6.30. The van der Waals surface area contributed by atoms with Gasteiger partial charge >= 0.3 is 0 Å². The van der Waals surface area contributed by atoms with E-state index in [0.29, 0.717) is 12.0 Å². The molecule has 5 rings (SSSR count). The van der Waals surface area contributed by atoms with Crippen molar-refractivity contribution in [3.8, 4) is 0 Å². The number of likely N-dealkylation sites (tertiary alicyclic amines) is 1. The smallest absolute Gasteiger partial charge is 0.115 e. The molecular formula is C37H45Cl2N3O. The maximum atomic E-state index is 6.48. The number of ether oxygens (including phenoxy) is 1. The van der Waals surface area contributed by atoms with Gasteiger partial charge in [0.05, 0.1) is 0 Å². The minimum absolute atomic E-state index is 0.320. The highest BCUT2D eigenvalue weighted by Gasteiger charge is 2.31. The van der Waals surface area contributed by atoms with Crippen LogP contribution in [0.15, 0.2) is 103 Å². The minimum atomic E-state index is -0.455. The van der Waals surface area contributed by atoms with Crippen LogP contribution in [-0.2, 0) is 10.3 Å². The maximum absolute atomic E-state index is 6.48. The quantitative estimate of drug-likeness (QED) is 0.168. The summed E-state index contributed by atoms with van der Waals surface area (Å²) in [6.45, 7) is 5.15. The lowest BCUT2D eigenvalue weighted by atomic mass is 9.88. The Kier molecular flexibility index (Phi) is 12.6. The van der Waals surface area contributed by atoms with Crippen molar-refractivity contribution < 1.29 is 4.74 Å². The second kappa shape index (κ2) is 16.4. The number of benzene rings is 3. The largest absolute Gasteiger partial charge is 0.366 e. The van der Waals surface area contributed by atoms with Crippen LogP contribution in [0.4, 0.5) is 0 Å². The van der Waals surface area contributed by atoms with Crippen molar-refractivity contribution in [2.24, 2.45) is 0 Å². The van der Waals surface area contributed by atoms with Crippen molar-refractivity contribution in [1.82, 2.24) is 14.8 Å². The Hall–Kier alpha value is -2.73. The molecule has 2 heterocycles. The molecule has 0 radical (unpaired) electrons. The first-order valence-electron chi connectivity index (χ1n) is 15.2. The van der Waals surface area contributed by atoms with Gasteiger partial charge in [-0.3, -0.25) is 4.98 Å². The van der Waals surface area contributed by atoms with Crippen molar-refractivity contribution in [2.45, 2.75) is 50.2 Å². The Morgan fingerprint density at radius 1 is 0.884 bits per heavy atom. The summed E-state index contributed by atoms with van der Waals surface area (Å²) >= 11 is 12.0. The molecule has 4 nitrogen and oxygen atoms in total. The van der Waals surface area contributed by atoms with Crippen molar-refractivity contribution in [3.05, 3.63) is 136 Å². The van der Waals surface area contributed by atoms with Gasteiger partial charge in [-0.25, -0.2) is 0 Å². The standard InChI is InChI=1S/C21H26ClNO.C16H19ClN2/c1-21(17-7-4-3-5-8-17,18-10-12-19(22)13-11-18)24-16-14-20-9-6-15-23(20)2;1-19(2)12-10-15(16-5-3-4-11-18-16)13-6-8-14(17)9-7-13/h3-5,7-8,10-13,20H,6,9,14-16H2,1-2H3;3-9,11,15H,10,12H2,1-2H3/t20-,21-;/m1./s1. The van der Waals surface area contributed by atoms with Gasteiger partial charge in [0.1, 0.15) is 5.60 Å². The molecule has 1 aliphatic heterocycles. The number of hydrogen-bond acceptors (Lipinski definition) is 4. The zero-order valence-corrected chi connectivity index (χ0v) is 27.4. The Bertz CT molecular complexity index is 1350. The first-order chi connectivity index (χ1) is 20.8. The highest BCUT2D eigenvalue weighted by Crippen LogP contribution is 2.34. The van der Waals surface area contributed by atoms with E-state index in [0.717, 1.165) is 47.3 Å². The molecule has 6 heteroatoms. The number of aromatic nitrogens is 1. The molecule has 3 atom stereocenters. The number of nitrogens with zero attached hydrogens (tertiary/aromatic N) is 3. The SMILES string of the molecule is CN(C)CCC(c1ccc(Cl)cc1)c1ccccn1.CN1CCC[C@@H]1CCO[C@](C)(c1ccccc1)c1ccc(Cl)cc1. The number of rotatable bonds is 11. The average Bonchev–Trinajstić information content (AvgIpc) is 3.43. The predicted molar refractivity (Wildman–Crippen MR) is 181 cm³/mol. The van der Waals surface area contributed by atoms with Gasteiger partial charge in [-0.2, -0.15) is 0 Å². The van der Waals surface area contributed by atoms with E-state index >= 15 is 0 Å². The minimum Gasteiger partial charge on any atom is -0.366 e. The summed E-state index contributed by atoms with van der Waals surface area (Å²) in [6.07, 6.45) is 6.56. The van der Waals surface area contributed by atoms with Gasteiger partial charge in [0.15, 0.2) is 0 Å². The number of halogens is 2. The van der Waals surface area contributed by atoms with E-state index in [2.05, 4.69) is 97.4 Å². The summed E-state index contributed by atoms with van der Waals surface area (Å²) in [4.78, 5) is 9.15. The summed E-state index contributed by atoms with van der Waals surface area (Å²) in [5.41, 5.74) is 4.24. The third-order valence-electron chi connectivity index (χ3n) is 8.42. The van der Waals surface area contributed by atoms with Gasteiger partial charge in [0, 0.05) is 40.5 Å². The molecule has 43 heavy (non-hydrogen) atoms. The zero-order chi connectivity index (χ0) is 30.7. The maximum Gasteiger partial charge on any atom is 0.115 e. The van der Waals surface area contributed by atoms with Gasteiger partial charge in [0.2, 0.25) is 0 Å². The van der Waals surface area contributed by atoms with Crippen LogP contribution in [0.2, 0.25) is 10.0 Å². The third kappa shape index (κ3) is 9.63. The van der Waals surface area contributed by atoms with Crippen LogP contribution < -0.4 is 0 Å². The van der Waals surface area contributed by atoms with Crippen LogP contribution in [0.1, 0.15) is 60.9 Å². The molecule has 0 spiro atoms. The average molecular weight is 619 g/mol. The van der Waals surface area contributed by atoms with Crippen LogP contribution >= 0.6 is 23.2 Å². The van der Waals surface area contributed by atoms with Crippen molar-refractivity contribution in [3.63, 3.8) is 0 Å². The number of pyridine rings is 1. The van der Waals surface area contributed by atoms with E-state index in [9.17, 15) is 0 Å². The van der Waals surface area contributed by atoms with Gasteiger partial charge in [-0.15, -0.1) is 0 Å². The van der Waals surface area contributed by atoms with Crippen molar-refractivity contribution >= 4 is 23.2 Å². The summed E-state index contributed by atoms with van der Waals surface area (Å²) in [5.74, 6) is 0.320. The monoisotopic (exact) mass is 617 g/mol. The zero-order valence-electron chi connectivity index (χ0n) is 25.9. The van der Waals surface area contributed by atoms with Crippen LogP contribution in [0.25, 0.3) is 0 Å². The molecule has 1 unspecified atom stereocenters. The van der Waals surface area contributed by atoms with Gasteiger partial charge in [0.25, 0.3) is 0 Å². The molecule has 1 aromatic heterocycles. The molecule has 1 fully saturated rings. The normalized spacial score (nSPS) is 17.2. The Morgan fingerprint density at radius 3 is 2.09 bits per heavy atom. The lowest BCUT2D eigenvalue weighted by molar-refractivity contribution is -0.0117. The second-order valence-electron chi connectivity index (χ2n) is 11.8. The molecule has 4 aromatic rings. The van der Waals surface area contributed by atoms with Gasteiger partial charge in [-0.05, 0) is 120 Å². The summed E-state index contributed by atoms with van der Waals surface area (Å²) in [5, 5.41) is 1.53. The van der Waals surface area contributed by atoms with E-state index in [1.165, 1.54) is 30.5 Å². The Morgan fingerprint density at radius 2 is 1.51 bits per heavy atom. The first-order valence-corrected chi connectivity index (χ1v) is 16.0. The lowest BCUT2D eigenvalue weighted by Crippen LogP contribution is -2.31. The van der Waals surface area contributed by atoms with E-state index in [1.54, 1.807) is 0 Å². The lowest BCUT2D eigenvalue weighted by Gasteiger charge is -2.32. The Balaban J connectivity index is 0.000000203.